The number of nitrogens with one attached hydrogen (secondary N) is 1. The Morgan fingerprint density at radius 1 is 1.71 bits per heavy atom. The van der Waals surface area contributed by atoms with Gasteiger partial charge in [0.1, 0.15) is 0 Å². The number of carbonyl (C=O) groups is 1. The number of rotatable bonds is 6. The van der Waals surface area contributed by atoms with E-state index in [1.807, 2.05) is 17.7 Å². The number of nitrogens with zero attached hydrogens (tertiary/aromatic N) is 2. The van der Waals surface area contributed by atoms with E-state index in [0.29, 0.717) is 13.0 Å². The smallest absolute Gasteiger partial charge is 0.218 e. The summed E-state index contributed by atoms with van der Waals surface area (Å²) in [6.07, 6.45) is 2.15. The molecule has 0 spiro atoms. The average Bonchev–Trinajstić information content (AvgIpc) is 2.59. The fourth-order valence-corrected chi connectivity index (χ4v) is 1.22. The molecule has 14 heavy (non-hydrogen) atoms. The molecule has 0 aliphatic heterocycles. The number of primary amides is 1. The maximum absolute atomic E-state index is 10.4. The number of hydrogen-bond donors (Lipinski definition) is 2. The summed E-state index contributed by atoms with van der Waals surface area (Å²) in [4.78, 5) is 10.4. The van der Waals surface area contributed by atoms with Crippen LogP contribution in [0.3, 0.4) is 0 Å². The molecular formula is C9H16N4O. The van der Waals surface area contributed by atoms with Crippen LogP contribution in [-0.4, -0.2) is 22.2 Å². The minimum absolute atomic E-state index is 0.276. The monoisotopic (exact) mass is 196 g/mol. The Labute approximate surface area is 83.3 Å². The van der Waals surface area contributed by atoms with Crippen molar-refractivity contribution in [3.05, 3.63) is 18.0 Å². The van der Waals surface area contributed by atoms with Crippen LogP contribution in [0.1, 0.15) is 19.0 Å². The van der Waals surface area contributed by atoms with Gasteiger partial charge in [0.2, 0.25) is 5.91 Å². The summed E-state index contributed by atoms with van der Waals surface area (Å²) < 4.78 is 1.91. The molecule has 1 aromatic rings. The molecule has 5 nitrogen and oxygen atoms in total. The lowest BCUT2D eigenvalue weighted by atomic mass is 10.3. The Hall–Kier alpha value is -1.36. The predicted octanol–water partition coefficient (Wildman–Crippen LogP) is -0.132. The Bertz CT molecular complexity index is 295. The summed E-state index contributed by atoms with van der Waals surface area (Å²) in [6.45, 7) is 4.24. The van der Waals surface area contributed by atoms with Gasteiger partial charge in [-0.05, 0) is 13.0 Å². The van der Waals surface area contributed by atoms with Crippen LogP contribution >= 0.6 is 0 Å². The van der Waals surface area contributed by atoms with Crippen molar-refractivity contribution in [3.8, 4) is 0 Å². The second-order valence-corrected chi connectivity index (χ2v) is 3.03. The van der Waals surface area contributed by atoms with Gasteiger partial charge in [-0.2, -0.15) is 5.10 Å². The first-order valence-electron chi connectivity index (χ1n) is 4.73. The molecule has 0 fully saturated rings. The summed E-state index contributed by atoms with van der Waals surface area (Å²) in [7, 11) is 0. The van der Waals surface area contributed by atoms with E-state index in [0.717, 1.165) is 18.8 Å². The largest absolute Gasteiger partial charge is 0.370 e. The van der Waals surface area contributed by atoms with Gasteiger partial charge in [0.25, 0.3) is 0 Å². The topological polar surface area (TPSA) is 72.9 Å². The van der Waals surface area contributed by atoms with E-state index in [-0.39, 0.29) is 5.91 Å². The highest BCUT2D eigenvalue weighted by atomic mass is 16.1. The molecule has 1 rings (SSSR count). The number of carbonyl (C=O) groups excluding carboxylic acids is 1. The molecule has 0 aromatic carbocycles. The van der Waals surface area contributed by atoms with Crippen molar-refractivity contribution < 1.29 is 4.79 Å². The first-order chi connectivity index (χ1) is 6.74. The van der Waals surface area contributed by atoms with Crippen LogP contribution in [0.4, 0.5) is 0 Å². The fourth-order valence-electron chi connectivity index (χ4n) is 1.22. The van der Waals surface area contributed by atoms with E-state index in [2.05, 4.69) is 10.4 Å². The Morgan fingerprint density at radius 2 is 2.50 bits per heavy atom. The highest BCUT2D eigenvalue weighted by Crippen LogP contribution is 1.97. The van der Waals surface area contributed by atoms with Crippen molar-refractivity contribution in [3.63, 3.8) is 0 Å². The summed E-state index contributed by atoms with van der Waals surface area (Å²) in [5.41, 5.74) is 6.13. The molecule has 5 heteroatoms. The third-order valence-corrected chi connectivity index (χ3v) is 1.96. The molecule has 0 saturated heterocycles. The molecule has 1 heterocycles. The molecule has 0 unspecified atom stereocenters. The number of hydrogen-bond acceptors (Lipinski definition) is 3. The van der Waals surface area contributed by atoms with Gasteiger partial charge >= 0.3 is 0 Å². The van der Waals surface area contributed by atoms with Gasteiger partial charge in [-0.1, -0.05) is 0 Å². The van der Waals surface area contributed by atoms with Crippen LogP contribution in [0, 0.1) is 0 Å². The molecule has 0 bridgehead atoms. The quantitative estimate of drug-likeness (QED) is 0.622. The SMILES string of the molecule is CCn1nccc1CNCCC(N)=O. The van der Waals surface area contributed by atoms with E-state index >= 15 is 0 Å². The molecule has 1 amide bonds. The fraction of sp³-hybridized carbons (Fsp3) is 0.556. The van der Waals surface area contributed by atoms with Gasteiger partial charge in [0.15, 0.2) is 0 Å². The van der Waals surface area contributed by atoms with Crippen molar-refractivity contribution in [2.45, 2.75) is 26.4 Å². The first-order valence-corrected chi connectivity index (χ1v) is 4.73. The number of nitrogens with two attached hydrogens (primary N) is 1. The molecule has 0 aliphatic carbocycles. The van der Waals surface area contributed by atoms with Crippen molar-refractivity contribution in [2.75, 3.05) is 6.54 Å². The highest BCUT2D eigenvalue weighted by Gasteiger charge is 1.99. The molecule has 3 N–H and O–H groups in total. The summed E-state index contributed by atoms with van der Waals surface area (Å²) in [5.74, 6) is -0.276. The normalized spacial score (nSPS) is 10.4. The van der Waals surface area contributed by atoms with Crippen molar-refractivity contribution in [1.29, 1.82) is 0 Å². The Balaban J connectivity index is 2.27. The lowest BCUT2D eigenvalue weighted by Gasteiger charge is -2.05. The summed E-state index contributed by atoms with van der Waals surface area (Å²) in [6, 6.07) is 1.96. The Kier molecular flexibility index (Phi) is 4.12. The third-order valence-electron chi connectivity index (χ3n) is 1.96. The maximum Gasteiger partial charge on any atom is 0.218 e. The number of aryl methyl sites for hydroxylation is 1. The molecular weight excluding hydrogens is 180 g/mol. The molecule has 0 atom stereocenters. The van der Waals surface area contributed by atoms with Crippen molar-refractivity contribution in [1.82, 2.24) is 15.1 Å². The van der Waals surface area contributed by atoms with Crippen LogP contribution in [0.5, 0.6) is 0 Å². The van der Waals surface area contributed by atoms with Gasteiger partial charge in [-0.25, -0.2) is 0 Å². The molecule has 1 aromatic heterocycles. The summed E-state index contributed by atoms with van der Waals surface area (Å²) >= 11 is 0. The van der Waals surface area contributed by atoms with E-state index < -0.39 is 0 Å². The van der Waals surface area contributed by atoms with Crippen LogP contribution < -0.4 is 11.1 Å². The lowest BCUT2D eigenvalue weighted by molar-refractivity contribution is -0.117. The zero-order valence-corrected chi connectivity index (χ0v) is 8.36. The van der Waals surface area contributed by atoms with E-state index in [1.54, 1.807) is 6.20 Å². The van der Waals surface area contributed by atoms with Gasteiger partial charge in [0.05, 0.1) is 5.69 Å². The highest BCUT2D eigenvalue weighted by molar-refractivity contribution is 5.73. The van der Waals surface area contributed by atoms with Gasteiger partial charge < -0.3 is 11.1 Å². The van der Waals surface area contributed by atoms with Crippen molar-refractivity contribution >= 4 is 5.91 Å². The minimum Gasteiger partial charge on any atom is -0.370 e. The molecule has 0 saturated carbocycles. The minimum atomic E-state index is -0.276. The maximum atomic E-state index is 10.4. The number of amides is 1. The van der Waals surface area contributed by atoms with E-state index in [9.17, 15) is 4.79 Å². The first kappa shape index (κ1) is 10.7. The molecule has 0 radical (unpaired) electrons. The number of aromatic nitrogens is 2. The zero-order chi connectivity index (χ0) is 10.4. The van der Waals surface area contributed by atoms with E-state index in [4.69, 9.17) is 5.73 Å². The zero-order valence-electron chi connectivity index (χ0n) is 8.36. The van der Waals surface area contributed by atoms with Gasteiger partial charge in [-0.3, -0.25) is 9.48 Å². The van der Waals surface area contributed by atoms with Crippen LogP contribution in [-0.2, 0) is 17.9 Å². The van der Waals surface area contributed by atoms with Crippen LogP contribution in [0.15, 0.2) is 12.3 Å². The van der Waals surface area contributed by atoms with E-state index in [1.165, 1.54) is 0 Å². The van der Waals surface area contributed by atoms with Gasteiger partial charge in [-0.15, -0.1) is 0 Å². The molecule has 78 valence electrons. The third kappa shape index (κ3) is 3.18. The standard InChI is InChI=1S/C9H16N4O/c1-2-13-8(3-6-12-13)7-11-5-4-9(10)14/h3,6,11H,2,4-5,7H2,1H3,(H2,10,14). The van der Waals surface area contributed by atoms with Crippen LogP contribution in [0.2, 0.25) is 0 Å². The average molecular weight is 196 g/mol. The van der Waals surface area contributed by atoms with Crippen LogP contribution in [0.25, 0.3) is 0 Å². The Morgan fingerprint density at radius 3 is 3.14 bits per heavy atom. The molecule has 0 aliphatic rings. The second-order valence-electron chi connectivity index (χ2n) is 3.03. The van der Waals surface area contributed by atoms with Crippen molar-refractivity contribution in [2.24, 2.45) is 5.73 Å². The summed E-state index contributed by atoms with van der Waals surface area (Å²) in [5, 5.41) is 7.27. The lowest BCUT2D eigenvalue weighted by Crippen LogP contribution is -2.22. The van der Waals surface area contributed by atoms with Gasteiger partial charge in [0, 0.05) is 32.3 Å². The predicted molar refractivity (Wildman–Crippen MR) is 53.4 cm³/mol. The second kappa shape index (κ2) is 5.39.